The van der Waals surface area contributed by atoms with Crippen molar-refractivity contribution >= 4 is 11.6 Å². The van der Waals surface area contributed by atoms with Crippen LogP contribution in [-0.4, -0.2) is 83.4 Å². The molecule has 2 aromatic carbocycles. The van der Waals surface area contributed by atoms with E-state index in [1.807, 2.05) is 0 Å². The zero-order valence-electron chi connectivity index (χ0n) is 16.5. The summed E-state index contributed by atoms with van der Waals surface area (Å²) in [5, 5.41) is 79.8. The molecule has 3 rings (SSSR count). The fourth-order valence-corrected chi connectivity index (χ4v) is 3.54. The van der Waals surface area contributed by atoms with Crippen molar-refractivity contribution in [3.8, 4) is 23.0 Å². The monoisotopic (exact) mass is 450 g/mol. The highest BCUT2D eigenvalue weighted by Crippen LogP contribution is 2.46. The van der Waals surface area contributed by atoms with Gasteiger partial charge in [-0.15, -0.1) is 0 Å². The van der Waals surface area contributed by atoms with Crippen LogP contribution in [0.1, 0.15) is 38.8 Å². The number of aliphatic hydroxyl groups is 4. The number of carbonyl (C=O) groups is 2. The zero-order valence-corrected chi connectivity index (χ0v) is 16.5. The summed E-state index contributed by atoms with van der Waals surface area (Å²) in [4.78, 5) is 25.1. The molecule has 1 heterocycles. The lowest BCUT2D eigenvalue weighted by Gasteiger charge is -2.40. The minimum absolute atomic E-state index is 0.0862. The molecule has 1 saturated heterocycles. The smallest absolute Gasteiger partial charge is 0.178 e. The van der Waals surface area contributed by atoms with Crippen LogP contribution in [0, 0.1) is 0 Å². The summed E-state index contributed by atoms with van der Waals surface area (Å²) in [7, 11) is 0. The first-order chi connectivity index (χ1) is 15.1. The maximum absolute atomic E-state index is 12.7. The average molecular weight is 450 g/mol. The minimum Gasteiger partial charge on any atom is -0.508 e. The minimum atomic E-state index is -1.88. The second-order valence-corrected chi connectivity index (χ2v) is 7.37. The summed E-state index contributed by atoms with van der Waals surface area (Å²) in [6.45, 7) is -0.770. The van der Waals surface area contributed by atoms with E-state index in [0.717, 1.165) is 0 Å². The first kappa shape index (κ1) is 23.4. The molecule has 11 nitrogen and oxygen atoms in total. The van der Waals surface area contributed by atoms with Crippen molar-refractivity contribution in [3.63, 3.8) is 0 Å². The Morgan fingerprint density at radius 3 is 2.06 bits per heavy atom. The highest BCUT2D eigenvalue weighted by molar-refractivity contribution is 6.15. The van der Waals surface area contributed by atoms with E-state index in [1.165, 1.54) is 24.3 Å². The number of aliphatic hydroxyl groups excluding tert-OH is 4. The summed E-state index contributed by atoms with van der Waals surface area (Å²) in [5.41, 5.74) is -1.23. The number of ether oxygens (including phenoxy) is 1. The molecular formula is C21H22O11. The van der Waals surface area contributed by atoms with E-state index in [2.05, 4.69) is 0 Å². The number of aromatic hydroxyl groups is 4. The molecule has 1 fully saturated rings. The molecule has 0 aliphatic carbocycles. The van der Waals surface area contributed by atoms with E-state index in [9.17, 15) is 50.4 Å². The molecule has 2 aromatic rings. The Morgan fingerprint density at radius 1 is 0.844 bits per heavy atom. The Kier molecular flexibility index (Phi) is 6.67. The highest BCUT2D eigenvalue weighted by atomic mass is 16.5. The first-order valence-corrected chi connectivity index (χ1v) is 9.50. The lowest BCUT2D eigenvalue weighted by Crippen LogP contribution is -2.55. The van der Waals surface area contributed by atoms with Crippen LogP contribution in [0.5, 0.6) is 23.0 Å². The summed E-state index contributed by atoms with van der Waals surface area (Å²) >= 11 is 0. The predicted molar refractivity (Wildman–Crippen MR) is 106 cm³/mol. The van der Waals surface area contributed by atoms with Gasteiger partial charge in [0.1, 0.15) is 59.1 Å². The molecule has 8 N–H and O–H groups in total. The van der Waals surface area contributed by atoms with Crippen LogP contribution in [-0.2, 0) is 4.74 Å². The summed E-state index contributed by atoms with van der Waals surface area (Å²) in [6, 6.07) is 5.73. The van der Waals surface area contributed by atoms with Crippen LogP contribution in [0.4, 0.5) is 0 Å². The SMILES string of the molecule is O=C(CC(=O)c1c(O)cc(O)c([C@@H]2O[C@H](CO)[C@@H](O)[C@H](O)[C@H]2O)c1O)c1ccc(O)cc1. The number of phenolic OH excluding ortho intramolecular Hbond substituents is 4. The van der Waals surface area contributed by atoms with E-state index in [0.29, 0.717) is 6.07 Å². The molecule has 1 aliphatic heterocycles. The molecule has 1 aliphatic rings. The van der Waals surface area contributed by atoms with Crippen LogP contribution in [0.2, 0.25) is 0 Å². The van der Waals surface area contributed by atoms with Gasteiger partial charge in [0.15, 0.2) is 11.6 Å². The fourth-order valence-electron chi connectivity index (χ4n) is 3.54. The van der Waals surface area contributed by atoms with Gasteiger partial charge in [-0.2, -0.15) is 0 Å². The third kappa shape index (κ3) is 4.24. The number of carbonyl (C=O) groups excluding carboxylic acids is 2. The summed E-state index contributed by atoms with van der Waals surface area (Å²) in [5.74, 6) is -4.45. The van der Waals surface area contributed by atoms with E-state index in [1.54, 1.807) is 0 Å². The number of hydrogen-bond acceptors (Lipinski definition) is 11. The Bertz CT molecular complexity index is 1020. The van der Waals surface area contributed by atoms with Crippen LogP contribution in [0.25, 0.3) is 0 Å². The molecular weight excluding hydrogens is 428 g/mol. The van der Waals surface area contributed by atoms with Gasteiger partial charge < -0.3 is 45.6 Å². The van der Waals surface area contributed by atoms with Gasteiger partial charge in [-0.25, -0.2) is 0 Å². The maximum Gasteiger partial charge on any atom is 0.178 e. The van der Waals surface area contributed by atoms with Crippen LogP contribution >= 0.6 is 0 Å². The van der Waals surface area contributed by atoms with E-state index in [4.69, 9.17) is 4.74 Å². The summed E-state index contributed by atoms with van der Waals surface area (Å²) in [6.07, 6.45) is -9.24. The van der Waals surface area contributed by atoms with Gasteiger partial charge in [0.2, 0.25) is 0 Å². The third-order valence-corrected chi connectivity index (χ3v) is 5.26. The quantitative estimate of drug-likeness (QED) is 0.208. The molecule has 0 saturated carbocycles. The number of benzene rings is 2. The molecule has 32 heavy (non-hydrogen) atoms. The number of hydrogen-bond donors (Lipinski definition) is 8. The van der Waals surface area contributed by atoms with Gasteiger partial charge in [-0.1, -0.05) is 0 Å². The Labute approximate surface area is 181 Å². The maximum atomic E-state index is 12.7. The predicted octanol–water partition coefficient (Wildman–Crippen LogP) is -0.520. The topological polar surface area (TPSA) is 205 Å². The van der Waals surface area contributed by atoms with Crippen molar-refractivity contribution < 1.29 is 55.2 Å². The molecule has 0 unspecified atom stereocenters. The normalized spacial score (nSPS) is 25.4. The summed E-state index contributed by atoms with van der Waals surface area (Å²) < 4.78 is 5.30. The van der Waals surface area contributed by atoms with Gasteiger partial charge in [-0.3, -0.25) is 9.59 Å². The molecule has 11 heteroatoms. The van der Waals surface area contributed by atoms with E-state index < -0.39 is 83.5 Å². The molecule has 0 spiro atoms. The molecule has 5 atom stereocenters. The Hall–Kier alpha value is -3.22. The fraction of sp³-hybridized carbons (Fsp3) is 0.333. The van der Waals surface area contributed by atoms with Crippen molar-refractivity contribution in [1.82, 2.24) is 0 Å². The number of phenols is 4. The van der Waals surface area contributed by atoms with Crippen LogP contribution in [0.3, 0.4) is 0 Å². The van der Waals surface area contributed by atoms with Gasteiger partial charge in [0, 0.05) is 11.6 Å². The molecule has 0 bridgehead atoms. The lowest BCUT2D eigenvalue weighted by molar-refractivity contribution is -0.232. The van der Waals surface area contributed by atoms with Gasteiger partial charge in [0.05, 0.1) is 18.6 Å². The third-order valence-electron chi connectivity index (χ3n) is 5.26. The largest absolute Gasteiger partial charge is 0.508 e. The number of rotatable bonds is 6. The molecule has 0 radical (unpaired) electrons. The van der Waals surface area contributed by atoms with Gasteiger partial charge >= 0.3 is 0 Å². The van der Waals surface area contributed by atoms with Crippen LogP contribution in [0.15, 0.2) is 30.3 Å². The second kappa shape index (κ2) is 9.10. The van der Waals surface area contributed by atoms with E-state index in [-0.39, 0.29) is 11.3 Å². The van der Waals surface area contributed by atoms with Crippen molar-refractivity contribution in [1.29, 1.82) is 0 Å². The zero-order chi connectivity index (χ0) is 23.7. The number of Topliss-reactive ketones (excluding diaryl/α,β-unsaturated/α-hetero) is 2. The highest BCUT2D eigenvalue weighted by Gasteiger charge is 2.46. The van der Waals surface area contributed by atoms with Gasteiger partial charge in [0.25, 0.3) is 0 Å². The molecule has 172 valence electrons. The average Bonchev–Trinajstić information content (AvgIpc) is 2.73. The molecule has 0 aromatic heterocycles. The lowest BCUT2D eigenvalue weighted by atomic mass is 9.88. The van der Waals surface area contributed by atoms with Crippen molar-refractivity contribution in [2.45, 2.75) is 36.9 Å². The Morgan fingerprint density at radius 2 is 1.47 bits per heavy atom. The van der Waals surface area contributed by atoms with E-state index >= 15 is 0 Å². The van der Waals surface area contributed by atoms with Crippen molar-refractivity contribution in [3.05, 3.63) is 47.0 Å². The Balaban J connectivity index is 1.96. The first-order valence-electron chi connectivity index (χ1n) is 9.50. The second-order valence-electron chi connectivity index (χ2n) is 7.37. The van der Waals surface area contributed by atoms with Gasteiger partial charge in [-0.05, 0) is 24.3 Å². The number of ketones is 2. The standard InChI is InChI=1S/C21H22O11/c22-7-14-17(28)19(30)20(31)21(32-14)16-13(27)6-12(26)15(18(16)29)11(25)5-10(24)8-1-3-9(23)4-2-8/h1-4,6,14,17,19-23,26-31H,5,7H2/t14-,17-,19+,20-,21+/m1/s1. The molecule has 0 amide bonds. The van der Waals surface area contributed by atoms with Crippen LogP contribution < -0.4 is 0 Å². The van der Waals surface area contributed by atoms with Crippen molar-refractivity contribution in [2.24, 2.45) is 0 Å². The van der Waals surface area contributed by atoms with Crippen molar-refractivity contribution in [2.75, 3.05) is 6.61 Å².